The first kappa shape index (κ1) is 53.5. The number of aryl methyl sites for hydroxylation is 2. The molecular weight excluding hydrogens is 820 g/mol. The number of aromatic nitrogens is 1. The first-order chi connectivity index (χ1) is 26.4. The molecule has 0 spiro atoms. The van der Waals surface area contributed by atoms with Crippen molar-refractivity contribution in [3.05, 3.63) is 118 Å². The van der Waals surface area contributed by atoms with E-state index in [2.05, 4.69) is 106 Å². The van der Waals surface area contributed by atoms with Gasteiger partial charge in [0.15, 0.2) is 5.71 Å². The molecule has 2 aliphatic rings. The van der Waals surface area contributed by atoms with Crippen LogP contribution in [0, 0.1) is 6.07 Å². The first-order valence-electron chi connectivity index (χ1n) is 18.4. The zero-order chi connectivity index (χ0) is 41.7. The van der Waals surface area contributed by atoms with Gasteiger partial charge in [-0.1, -0.05) is 94.2 Å². The second kappa shape index (κ2) is 24.7. The molecule has 0 amide bonds. The van der Waals surface area contributed by atoms with E-state index >= 15 is 0 Å². The zero-order valence-electron chi connectivity index (χ0n) is 34.7. The molecule has 5 rings (SSSR count). The maximum atomic E-state index is 11.5. The van der Waals surface area contributed by atoms with Crippen LogP contribution in [0.25, 0.3) is 5.57 Å². The van der Waals surface area contributed by atoms with Gasteiger partial charge in [-0.15, -0.1) is 24.3 Å². The summed E-state index contributed by atoms with van der Waals surface area (Å²) < 4.78 is 62.0. The molecule has 0 saturated carbocycles. The number of benzene rings is 2. The van der Waals surface area contributed by atoms with E-state index in [1.54, 1.807) is 0 Å². The van der Waals surface area contributed by atoms with E-state index < -0.39 is 26.5 Å². The van der Waals surface area contributed by atoms with E-state index in [1.807, 2.05) is 30.5 Å². The predicted octanol–water partition coefficient (Wildman–Crippen LogP) is 1.61. The van der Waals surface area contributed by atoms with Crippen molar-refractivity contribution >= 4 is 61.3 Å². The smallest absolute Gasteiger partial charge is 0.748 e. The van der Waals surface area contributed by atoms with Crippen LogP contribution in [0.2, 0.25) is 5.02 Å². The van der Waals surface area contributed by atoms with Gasteiger partial charge in [0.1, 0.15) is 6.20 Å². The minimum Gasteiger partial charge on any atom is -0.748 e. The van der Waals surface area contributed by atoms with Crippen molar-refractivity contribution in [2.45, 2.75) is 97.4 Å². The summed E-state index contributed by atoms with van der Waals surface area (Å²) in [5.74, 6) is 0.568. The molecule has 16 heteroatoms. The number of rotatable bonds is 14. The fourth-order valence-electron chi connectivity index (χ4n) is 6.90. The number of unbranched alkanes of at least 4 members (excludes halogenated alkanes) is 2. The minimum absolute atomic E-state index is 0. The van der Waals surface area contributed by atoms with Crippen molar-refractivity contribution in [3.8, 4) is 0 Å². The molecule has 0 fully saturated rings. The van der Waals surface area contributed by atoms with E-state index in [0.717, 1.165) is 88.8 Å². The molecule has 1 aromatic heterocycles. The zero-order valence-corrected chi connectivity index (χ0v) is 41.1. The van der Waals surface area contributed by atoms with Crippen LogP contribution in [-0.2, 0) is 54.1 Å². The fraction of sp³-hybridized carbons (Fsp3) is 0.405. The summed E-state index contributed by atoms with van der Waals surface area (Å²) in [6.07, 6.45) is 16.5. The van der Waals surface area contributed by atoms with Gasteiger partial charge in [0.2, 0.25) is 0 Å². The Morgan fingerprint density at radius 1 is 1.00 bits per heavy atom. The van der Waals surface area contributed by atoms with Crippen molar-refractivity contribution in [2.75, 3.05) is 17.2 Å². The predicted molar refractivity (Wildman–Crippen MR) is 216 cm³/mol. The molecule has 0 saturated heterocycles. The number of fused-ring (bicyclic) bond motifs is 2. The Kier molecular flexibility index (Phi) is 22.8. The Balaban J connectivity index is 0.00000173. The Bertz CT molecular complexity index is 2260. The van der Waals surface area contributed by atoms with E-state index in [0.29, 0.717) is 6.54 Å². The van der Waals surface area contributed by atoms with Gasteiger partial charge in [-0.2, -0.15) is 27.8 Å². The number of aliphatic imine (C=N–C) groups is 1. The molecule has 3 heterocycles. The van der Waals surface area contributed by atoms with Crippen LogP contribution in [0.3, 0.4) is 0 Å². The van der Waals surface area contributed by atoms with Crippen LogP contribution in [0.5, 0.6) is 0 Å². The number of hydrogen-bond donors (Lipinski definition) is 0. The van der Waals surface area contributed by atoms with E-state index in [-0.39, 0.29) is 82.5 Å². The van der Waals surface area contributed by atoms with E-state index in [1.165, 1.54) is 5.56 Å². The Morgan fingerprint density at radius 2 is 1.66 bits per heavy atom. The second-order valence-corrected chi connectivity index (χ2v) is 16.9. The Labute approximate surface area is 394 Å². The molecule has 2 aromatic carbocycles. The van der Waals surface area contributed by atoms with Gasteiger partial charge < -0.3 is 9.45 Å². The fourth-order valence-corrected chi connectivity index (χ4v) is 7.61. The number of allylic oxidation sites excluding steroid dienone is 6. The monoisotopic (exact) mass is 868 g/mol. The third-order valence-corrected chi connectivity index (χ3v) is 10.8. The number of pyridine rings is 1. The van der Waals surface area contributed by atoms with E-state index in [9.17, 15) is 13.0 Å². The molecule has 300 valence electrons. The first-order valence-corrected chi connectivity index (χ1v) is 21.4. The summed E-state index contributed by atoms with van der Waals surface area (Å²) >= 11 is 6.61. The SMILES string of the molecule is CCCCc1cccc(C(=C\C=C2\N(CCCS(=O)(=O)[O-])c3cc[c-]cc3C2(C)C)/C=C/C2=Nc3c(cc(Cl)c[n+]3CCCC)C2(C)C)c1.O=C=O.O=S(=O)=O.[Na+].[Na+]. The topological polar surface area (TPSA) is 162 Å². The Morgan fingerprint density at radius 3 is 2.28 bits per heavy atom. The van der Waals surface area contributed by atoms with Gasteiger partial charge in [-0.25, -0.2) is 13.0 Å². The van der Waals surface area contributed by atoms with Gasteiger partial charge in [-0.3, -0.25) is 0 Å². The van der Waals surface area contributed by atoms with Crippen LogP contribution in [0.4, 0.5) is 11.5 Å². The molecule has 0 radical (unpaired) electrons. The quantitative estimate of drug-likeness (QED) is 0.0771. The molecular formula is C42H49ClN3Na2O8S2+. The maximum Gasteiger partial charge on any atom is 1.00 e. The van der Waals surface area contributed by atoms with E-state index in [4.69, 9.17) is 38.8 Å². The number of halogens is 1. The molecule has 0 atom stereocenters. The molecule has 3 aromatic rings. The van der Waals surface area contributed by atoms with Crippen LogP contribution < -0.4 is 68.6 Å². The van der Waals surface area contributed by atoms with Crippen LogP contribution in [0.15, 0.2) is 89.7 Å². The molecule has 58 heavy (non-hydrogen) atoms. The standard InChI is InChI=1S/C41H50ClN3O3S.CO2.2Na.O3S/c1-7-9-15-30-16-13-17-32(27-30)31(20-22-37-40(3,4)35-28-33(42)29-44(24-10-8-2)39(35)43-37)21-23-38-41(5,6)34-18-11-12-19-36(34)45(38)25-14-26-49(46,47)48;2-1-3;;;1-4(2)3/h12-13,16-23,27-29H,7-10,14-15,24-26H2,1-6H3,(H,46,47,48);;;;/q;;2*+1;/p-1. The summed E-state index contributed by atoms with van der Waals surface area (Å²) in [7, 11) is -7.42. The summed E-state index contributed by atoms with van der Waals surface area (Å²) in [6.45, 7) is 14.4. The Hall–Kier alpha value is -2.52. The molecule has 0 N–H and O–H groups in total. The van der Waals surface area contributed by atoms with Crippen LogP contribution in [0.1, 0.15) is 95.9 Å². The number of carbonyl (C=O) groups excluding carboxylic acids is 2. The summed E-state index contributed by atoms with van der Waals surface area (Å²) in [4.78, 5) is 23.6. The van der Waals surface area contributed by atoms with Crippen molar-refractivity contribution in [1.82, 2.24) is 0 Å². The molecule has 0 unspecified atom stereocenters. The van der Waals surface area contributed by atoms with Gasteiger partial charge in [0, 0.05) is 18.0 Å². The normalized spacial score (nSPS) is 15.4. The van der Waals surface area contributed by atoms with Crippen LogP contribution >= 0.6 is 11.6 Å². The van der Waals surface area contributed by atoms with Gasteiger partial charge in [-0.05, 0) is 84.9 Å². The van der Waals surface area contributed by atoms with Crippen molar-refractivity contribution < 1.29 is 98.9 Å². The van der Waals surface area contributed by atoms with Gasteiger partial charge in [0.05, 0.1) is 32.7 Å². The van der Waals surface area contributed by atoms with Crippen LogP contribution in [-0.4, -0.2) is 49.8 Å². The second-order valence-electron chi connectivity index (χ2n) is 14.5. The minimum atomic E-state index is -4.31. The summed E-state index contributed by atoms with van der Waals surface area (Å²) in [5, 5.41) is 0.717. The van der Waals surface area contributed by atoms with Gasteiger partial charge in [0.25, 0.3) is 0 Å². The number of hydrogen-bond acceptors (Lipinski definition) is 10. The molecule has 0 bridgehead atoms. The van der Waals surface area contributed by atoms with Crippen molar-refractivity contribution in [3.63, 3.8) is 0 Å². The third kappa shape index (κ3) is 14.9. The molecule has 11 nitrogen and oxygen atoms in total. The van der Waals surface area contributed by atoms with Crippen molar-refractivity contribution in [2.24, 2.45) is 4.99 Å². The average Bonchev–Trinajstić information content (AvgIpc) is 3.50. The summed E-state index contributed by atoms with van der Waals surface area (Å²) in [5.41, 5.74) is 8.03. The van der Waals surface area contributed by atoms with Crippen molar-refractivity contribution in [1.29, 1.82) is 0 Å². The third-order valence-electron chi connectivity index (χ3n) is 9.80. The number of anilines is 1. The van der Waals surface area contributed by atoms with Gasteiger partial charge >= 0.3 is 81.7 Å². The summed E-state index contributed by atoms with van der Waals surface area (Å²) in [6, 6.07) is 19.9. The number of nitrogens with zero attached hydrogens (tertiary/aromatic N) is 3. The average molecular weight is 869 g/mol. The molecule has 0 aliphatic carbocycles. The largest absolute Gasteiger partial charge is 1.00 e. The maximum absolute atomic E-state index is 11.5. The molecule has 2 aliphatic heterocycles.